The molecule has 0 spiro atoms. The molecule has 1 rings (SSSR count). The molecule has 1 aromatic rings. The van der Waals surface area contributed by atoms with Crippen molar-refractivity contribution in [2.75, 3.05) is 19.3 Å². The van der Waals surface area contributed by atoms with Crippen molar-refractivity contribution >= 4 is 11.4 Å². The topological polar surface area (TPSA) is 81.2 Å². The number of aryl methyl sites for hydroxylation is 1. The van der Waals surface area contributed by atoms with Crippen LogP contribution in [0.3, 0.4) is 0 Å². The molecule has 0 heterocycles. The highest BCUT2D eigenvalue weighted by molar-refractivity contribution is 5.63. The van der Waals surface area contributed by atoms with Gasteiger partial charge in [-0.2, -0.15) is 0 Å². The lowest BCUT2D eigenvalue weighted by Gasteiger charge is -2.01. The first-order chi connectivity index (χ1) is 8.06. The molecule has 0 aliphatic carbocycles. The molecule has 0 amide bonds. The van der Waals surface area contributed by atoms with E-state index in [2.05, 4.69) is 17.2 Å². The largest absolute Gasteiger partial charge is 0.398 e. The molecule has 90 valence electrons. The van der Waals surface area contributed by atoms with Crippen molar-refractivity contribution in [3.63, 3.8) is 0 Å². The minimum absolute atomic E-state index is 0.0308. The maximum Gasteiger partial charge on any atom is 0.274 e. The average molecular weight is 233 g/mol. The lowest BCUT2D eigenvalue weighted by atomic mass is 10.1. The highest BCUT2D eigenvalue weighted by atomic mass is 16.6. The van der Waals surface area contributed by atoms with E-state index in [1.807, 2.05) is 7.05 Å². The zero-order valence-electron chi connectivity index (χ0n) is 9.91. The summed E-state index contributed by atoms with van der Waals surface area (Å²) in [5.74, 6) is 5.87. The number of hydrogen-bond acceptors (Lipinski definition) is 4. The van der Waals surface area contributed by atoms with E-state index in [0.29, 0.717) is 23.2 Å². The molecule has 0 unspecified atom stereocenters. The molecule has 0 atom stereocenters. The number of nitro groups is 1. The molecule has 0 fully saturated rings. The zero-order chi connectivity index (χ0) is 12.8. The van der Waals surface area contributed by atoms with Gasteiger partial charge in [-0.3, -0.25) is 10.1 Å². The van der Waals surface area contributed by atoms with Crippen LogP contribution in [0.25, 0.3) is 0 Å². The maximum absolute atomic E-state index is 10.7. The van der Waals surface area contributed by atoms with Crippen molar-refractivity contribution in [3.8, 4) is 11.8 Å². The van der Waals surface area contributed by atoms with Crippen LogP contribution in [0.1, 0.15) is 17.5 Å². The molecule has 0 saturated heterocycles. The molecule has 0 saturated carbocycles. The zero-order valence-corrected chi connectivity index (χ0v) is 9.91. The van der Waals surface area contributed by atoms with Gasteiger partial charge >= 0.3 is 0 Å². The van der Waals surface area contributed by atoms with Crippen LogP contribution in [0.15, 0.2) is 12.1 Å². The molecule has 5 nitrogen and oxygen atoms in total. The Labute approximate surface area is 100 Å². The molecule has 0 aliphatic heterocycles. The van der Waals surface area contributed by atoms with E-state index in [-0.39, 0.29) is 5.69 Å². The van der Waals surface area contributed by atoms with E-state index >= 15 is 0 Å². The van der Waals surface area contributed by atoms with Gasteiger partial charge in [0.25, 0.3) is 5.69 Å². The van der Waals surface area contributed by atoms with Crippen molar-refractivity contribution in [1.29, 1.82) is 0 Å². The number of hydrogen-bond donors (Lipinski definition) is 2. The van der Waals surface area contributed by atoms with Crippen molar-refractivity contribution in [1.82, 2.24) is 5.32 Å². The number of nitrogens with two attached hydrogens (primary N) is 1. The summed E-state index contributed by atoms with van der Waals surface area (Å²) in [6.45, 7) is 2.48. The van der Waals surface area contributed by atoms with Gasteiger partial charge in [0.1, 0.15) is 0 Å². The fourth-order valence-corrected chi connectivity index (χ4v) is 1.36. The summed E-state index contributed by atoms with van der Waals surface area (Å²) in [7, 11) is 1.85. The highest BCUT2D eigenvalue weighted by Gasteiger charge is 2.12. The number of anilines is 1. The molecular weight excluding hydrogens is 218 g/mol. The molecule has 0 aromatic heterocycles. The van der Waals surface area contributed by atoms with Crippen LogP contribution in [0, 0.1) is 28.9 Å². The summed E-state index contributed by atoms with van der Waals surface area (Å²) in [5.41, 5.74) is 7.31. The summed E-state index contributed by atoms with van der Waals surface area (Å²) in [5, 5.41) is 13.7. The molecule has 5 heteroatoms. The number of nitrogens with zero attached hydrogens (tertiary/aromatic N) is 1. The van der Waals surface area contributed by atoms with Crippen molar-refractivity contribution < 1.29 is 4.92 Å². The third-order valence-electron chi connectivity index (χ3n) is 2.29. The molecular formula is C12H15N3O2. The van der Waals surface area contributed by atoms with Crippen LogP contribution in [-0.2, 0) is 0 Å². The highest BCUT2D eigenvalue weighted by Crippen LogP contribution is 2.23. The van der Waals surface area contributed by atoms with E-state index in [9.17, 15) is 10.1 Å². The summed E-state index contributed by atoms with van der Waals surface area (Å²) in [4.78, 5) is 10.2. The van der Waals surface area contributed by atoms with Crippen LogP contribution >= 0.6 is 0 Å². The Morgan fingerprint density at radius 1 is 1.53 bits per heavy atom. The SMILES string of the molecule is CNCCC#Cc1cc(C)c([N+](=O)[O-])cc1N. The number of nitro benzene ring substituents is 1. The minimum Gasteiger partial charge on any atom is -0.398 e. The van der Waals surface area contributed by atoms with Gasteiger partial charge < -0.3 is 11.1 Å². The van der Waals surface area contributed by atoms with E-state index in [0.717, 1.165) is 6.54 Å². The maximum atomic E-state index is 10.7. The lowest BCUT2D eigenvalue weighted by Crippen LogP contribution is -2.06. The molecule has 17 heavy (non-hydrogen) atoms. The Kier molecular flexibility index (Phi) is 4.49. The van der Waals surface area contributed by atoms with Gasteiger partial charge in [0.05, 0.1) is 10.6 Å². The average Bonchev–Trinajstić information content (AvgIpc) is 2.28. The van der Waals surface area contributed by atoms with Gasteiger partial charge in [-0.05, 0) is 20.0 Å². The van der Waals surface area contributed by atoms with Gasteiger partial charge in [-0.1, -0.05) is 11.8 Å². The second kappa shape index (κ2) is 5.87. The molecule has 0 aliphatic rings. The number of nitrogens with one attached hydrogen (secondary N) is 1. The van der Waals surface area contributed by atoms with Gasteiger partial charge in [-0.15, -0.1) is 0 Å². The second-order valence-electron chi connectivity index (χ2n) is 3.64. The normalized spacial score (nSPS) is 9.53. The molecule has 1 aromatic carbocycles. The quantitative estimate of drug-likeness (QED) is 0.272. The number of nitrogen functional groups attached to an aromatic ring is 1. The number of rotatable bonds is 3. The van der Waals surface area contributed by atoms with Crippen molar-refractivity contribution in [3.05, 3.63) is 33.4 Å². The summed E-state index contributed by atoms with van der Waals surface area (Å²) < 4.78 is 0. The standard InChI is InChI=1S/C12H15N3O2/c1-9-7-10(5-3-4-6-14-2)11(13)8-12(9)15(16)17/h7-8,14H,4,6,13H2,1-2H3. The predicted molar refractivity (Wildman–Crippen MR) is 67.7 cm³/mol. The van der Waals surface area contributed by atoms with E-state index in [1.54, 1.807) is 13.0 Å². The smallest absolute Gasteiger partial charge is 0.274 e. The van der Waals surface area contributed by atoms with Crippen LogP contribution in [-0.4, -0.2) is 18.5 Å². The third-order valence-corrected chi connectivity index (χ3v) is 2.29. The van der Waals surface area contributed by atoms with Crippen LogP contribution in [0.5, 0.6) is 0 Å². The van der Waals surface area contributed by atoms with Crippen molar-refractivity contribution in [2.45, 2.75) is 13.3 Å². The van der Waals surface area contributed by atoms with E-state index < -0.39 is 4.92 Å². The van der Waals surface area contributed by atoms with Gasteiger partial charge in [0.2, 0.25) is 0 Å². The van der Waals surface area contributed by atoms with Gasteiger partial charge in [0, 0.05) is 30.2 Å². The Morgan fingerprint density at radius 3 is 2.82 bits per heavy atom. The molecule has 0 bridgehead atoms. The monoisotopic (exact) mass is 233 g/mol. The Hall–Kier alpha value is -2.06. The minimum atomic E-state index is -0.441. The van der Waals surface area contributed by atoms with Gasteiger partial charge in [0.15, 0.2) is 0 Å². The van der Waals surface area contributed by atoms with Crippen molar-refractivity contribution in [2.24, 2.45) is 0 Å². The van der Waals surface area contributed by atoms with E-state index in [4.69, 9.17) is 5.73 Å². The second-order valence-corrected chi connectivity index (χ2v) is 3.64. The molecule has 0 radical (unpaired) electrons. The van der Waals surface area contributed by atoms with Crippen LogP contribution in [0.4, 0.5) is 11.4 Å². The predicted octanol–water partition coefficient (Wildman–Crippen LogP) is 1.45. The summed E-state index contributed by atoms with van der Waals surface area (Å²) in [6.07, 6.45) is 0.714. The van der Waals surface area contributed by atoms with Gasteiger partial charge in [-0.25, -0.2) is 0 Å². The van der Waals surface area contributed by atoms with Crippen LogP contribution in [0.2, 0.25) is 0 Å². The Bertz CT molecular complexity index is 487. The fraction of sp³-hybridized carbons (Fsp3) is 0.333. The third kappa shape index (κ3) is 3.47. The number of benzene rings is 1. The first-order valence-corrected chi connectivity index (χ1v) is 5.24. The van der Waals surface area contributed by atoms with Crippen LogP contribution < -0.4 is 11.1 Å². The fourth-order valence-electron chi connectivity index (χ4n) is 1.36. The van der Waals surface area contributed by atoms with E-state index in [1.165, 1.54) is 6.07 Å². The summed E-state index contributed by atoms with van der Waals surface area (Å²) in [6, 6.07) is 3.01. The first kappa shape index (κ1) is 13.0. The Balaban J connectivity index is 2.98. The first-order valence-electron chi connectivity index (χ1n) is 5.24. The lowest BCUT2D eigenvalue weighted by molar-refractivity contribution is -0.385. The summed E-state index contributed by atoms with van der Waals surface area (Å²) >= 11 is 0. The Morgan fingerprint density at radius 2 is 2.24 bits per heavy atom. The molecule has 3 N–H and O–H groups in total.